The van der Waals surface area contributed by atoms with Gasteiger partial charge in [0.25, 0.3) is 0 Å². The molecule has 0 spiro atoms. The number of imidazole rings is 1. The molecule has 1 rings (SSSR count). The minimum Gasteiger partial charge on any atom is -0.481 e. The summed E-state index contributed by atoms with van der Waals surface area (Å²) in [5.74, 6) is -0.173. The lowest BCUT2D eigenvalue weighted by Crippen LogP contribution is -2.49. The minimum atomic E-state index is -0.873. The van der Waals surface area contributed by atoms with Crippen molar-refractivity contribution in [1.82, 2.24) is 20.6 Å². The lowest BCUT2D eigenvalue weighted by Gasteiger charge is -2.27. The van der Waals surface area contributed by atoms with Gasteiger partial charge in [-0.15, -0.1) is 0 Å². The van der Waals surface area contributed by atoms with Crippen molar-refractivity contribution in [3.05, 3.63) is 18.2 Å². The van der Waals surface area contributed by atoms with Crippen molar-refractivity contribution in [2.24, 2.45) is 0 Å². The summed E-state index contributed by atoms with van der Waals surface area (Å²) >= 11 is 0. The fourth-order valence-corrected chi connectivity index (χ4v) is 1.82. The monoisotopic (exact) mass is 282 g/mol. The standard InChI is InChI=1S/C13H22N4O3/c1-4-9(11-14-7-8-15-11)16-12(20)17-13(2,3)6-5-10(18)19/h7-9H,4-6H2,1-3H3,(H,14,15)(H,18,19)(H2,16,17,20). The number of hydrogen-bond donors (Lipinski definition) is 4. The normalized spacial score (nSPS) is 12.8. The first kappa shape index (κ1) is 16.0. The Labute approximate surface area is 118 Å². The van der Waals surface area contributed by atoms with Gasteiger partial charge in [0.05, 0.1) is 6.04 Å². The van der Waals surface area contributed by atoms with Crippen LogP contribution in [0.2, 0.25) is 0 Å². The third kappa shape index (κ3) is 5.29. The van der Waals surface area contributed by atoms with Crippen LogP contribution in [-0.2, 0) is 4.79 Å². The van der Waals surface area contributed by atoms with Crippen molar-refractivity contribution in [2.45, 2.75) is 51.6 Å². The van der Waals surface area contributed by atoms with Gasteiger partial charge < -0.3 is 20.7 Å². The number of amides is 2. The van der Waals surface area contributed by atoms with E-state index in [0.29, 0.717) is 18.7 Å². The Morgan fingerprint density at radius 3 is 2.70 bits per heavy atom. The molecular formula is C13H22N4O3. The van der Waals surface area contributed by atoms with E-state index < -0.39 is 11.5 Å². The van der Waals surface area contributed by atoms with Gasteiger partial charge in [0.2, 0.25) is 0 Å². The number of carboxylic acids is 1. The summed E-state index contributed by atoms with van der Waals surface area (Å²) in [5.41, 5.74) is -0.579. The summed E-state index contributed by atoms with van der Waals surface area (Å²) in [6.45, 7) is 5.54. The number of carbonyl (C=O) groups excluding carboxylic acids is 1. The molecule has 1 heterocycles. The lowest BCUT2D eigenvalue weighted by molar-refractivity contribution is -0.137. The van der Waals surface area contributed by atoms with Gasteiger partial charge in [0.15, 0.2) is 0 Å². The van der Waals surface area contributed by atoms with E-state index in [4.69, 9.17) is 5.11 Å². The molecule has 2 amide bonds. The van der Waals surface area contributed by atoms with Crippen molar-refractivity contribution in [3.63, 3.8) is 0 Å². The van der Waals surface area contributed by atoms with Gasteiger partial charge in [-0.1, -0.05) is 6.92 Å². The number of H-pyrrole nitrogens is 1. The number of aliphatic carboxylic acids is 1. The Balaban J connectivity index is 2.51. The van der Waals surface area contributed by atoms with Crippen LogP contribution in [-0.4, -0.2) is 32.6 Å². The summed E-state index contributed by atoms with van der Waals surface area (Å²) in [5, 5.41) is 14.3. The topological polar surface area (TPSA) is 107 Å². The average molecular weight is 282 g/mol. The zero-order chi connectivity index (χ0) is 15.2. The first-order chi connectivity index (χ1) is 9.34. The molecule has 0 fully saturated rings. The zero-order valence-electron chi connectivity index (χ0n) is 12.1. The highest BCUT2D eigenvalue weighted by Crippen LogP contribution is 2.13. The quantitative estimate of drug-likeness (QED) is 0.611. The van der Waals surface area contributed by atoms with E-state index in [1.54, 1.807) is 26.2 Å². The Hall–Kier alpha value is -2.05. The molecule has 1 aromatic rings. The van der Waals surface area contributed by atoms with Gasteiger partial charge in [-0.05, 0) is 26.7 Å². The van der Waals surface area contributed by atoms with Crippen LogP contribution in [0.25, 0.3) is 0 Å². The van der Waals surface area contributed by atoms with Crippen LogP contribution in [0.4, 0.5) is 4.79 Å². The molecule has 0 radical (unpaired) electrons. The number of carboxylic acid groups (broad SMARTS) is 1. The maximum atomic E-state index is 12.0. The third-order valence-electron chi connectivity index (χ3n) is 2.98. The van der Waals surface area contributed by atoms with Crippen molar-refractivity contribution < 1.29 is 14.7 Å². The van der Waals surface area contributed by atoms with Crippen molar-refractivity contribution in [2.75, 3.05) is 0 Å². The number of aromatic amines is 1. The summed E-state index contributed by atoms with van der Waals surface area (Å²) in [6, 6.07) is -0.524. The molecule has 0 aliphatic carbocycles. The van der Waals surface area contributed by atoms with E-state index in [9.17, 15) is 9.59 Å². The molecule has 0 aromatic carbocycles. The predicted octanol–water partition coefficient (Wildman–Crippen LogP) is 1.80. The molecule has 20 heavy (non-hydrogen) atoms. The minimum absolute atomic E-state index is 0.0165. The molecule has 1 aromatic heterocycles. The molecule has 0 saturated carbocycles. The van der Waals surface area contributed by atoms with Gasteiger partial charge in [0.1, 0.15) is 5.82 Å². The number of urea groups is 1. The van der Waals surface area contributed by atoms with Gasteiger partial charge in [-0.25, -0.2) is 9.78 Å². The van der Waals surface area contributed by atoms with Gasteiger partial charge in [-0.3, -0.25) is 4.79 Å². The second-order valence-corrected chi connectivity index (χ2v) is 5.31. The van der Waals surface area contributed by atoms with E-state index in [1.807, 2.05) is 6.92 Å². The summed E-state index contributed by atoms with van der Waals surface area (Å²) in [7, 11) is 0. The first-order valence-corrected chi connectivity index (χ1v) is 6.64. The predicted molar refractivity (Wildman–Crippen MR) is 74.2 cm³/mol. The van der Waals surface area contributed by atoms with Gasteiger partial charge >= 0.3 is 12.0 Å². The number of nitrogens with one attached hydrogen (secondary N) is 3. The highest BCUT2D eigenvalue weighted by Gasteiger charge is 2.23. The maximum Gasteiger partial charge on any atom is 0.315 e. The Morgan fingerprint density at radius 1 is 1.50 bits per heavy atom. The Morgan fingerprint density at radius 2 is 2.20 bits per heavy atom. The molecule has 1 unspecified atom stereocenters. The smallest absolute Gasteiger partial charge is 0.315 e. The molecule has 0 aliphatic rings. The summed E-state index contributed by atoms with van der Waals surface area (Å²) < 4.78 is 0. The van der Waals surface area contributed by atoms with Crippen LogP contribution >= 0.6 is 0 Å². The molecule has 0 bridgehead atoms. The number of nitrogens with zero attached hydrogens (tertiary/aromatic N) is 1. The molecule has 0 saturated heterocycles. The fourth-order valence-electron chi connectivity index (χ4n) is 1.82. The molecule has 1 atom stereocenters. The zero-order valence-corrected chi connectivity index (χ0v) is 12.1. The lowest BCUT2D eigenvalue weighted by atomic mass is 9.99. The first-order valence-electron chi connectivity index (χ1n) is 6.64. The van der Waals surface area contributed by atoms with Crippen LogP contribution < -0.4 is 10.6 Å². The number of rotatable bonds is 7. The highest BCUT2D eigenvalue weighted by molar-refractivity contribution is 5.75. The second-order valence-electron chi connectivity index (χ2n) is 5.31. The largest absolute Gasteiger partial charge is 0.481 e. The molecule has 7 nitrogen and oxygen atoms in total. The van der Waals surface area contributed by atoms with Crippen LogP contribution in [0.15, 0.2) is 12.4 Å². The Kier molecular flexibility index (Phi) is 5.54. The van der Waals surface area contributed by atoms with Crippen LogP contribution in [0, 0.1) is 0 Å². The molecule has 4 N–H and O–H groups in total. The van der Waals surface area contributed by atoms with Crippen molar-refractivity contribution >= 4 is 12.0 Å². The van der Waals surface area contributed by atoms with Crippen molar-refractivity contribution in [3.8, 4) is 0 Å². The Bertz CT molecular complexity index is 442. The molecule has 7 heteroatoms. The number of carbonyl (C=O) groups is 2. The second kappa shape index (κ2) is 6.93. The average Bonchev–Trinajstić information content (AvgIpc) is 2.86. The van der Waals surface area contributed by atoms with E-state index in [1.165, 1.54) is 0 Å². The van der Waals surface area contributed by atoms with Crippen molar-refractivity contribution in [1.29, 1.82) is 0 Å². The van der Waals surface area contributed by atoms with E-state index in [2.05, 4.69) is 20.6 Å². The highest BCUT2D eigenvalue weighted by atomic mass is 16.4. The van der Waals surface area contributed by atoms with E-state index >= 15 is 0 Å². The van der Waals surface area contributed by atoms with Gasteiger partial charge in [-0.2, -0.15) is 0 Å². The van der Waals surface area contributed by atoms with Crippen LogP contribution in [0.5, 0.6) is 0 Å². The molecular weight excluding hydrogens is 260 g/mol. The fraction of sp³-hybridized carbons (Fsp3) is 0.615. The van der Waals surface area contributed by atoms with Crippen LogP contribution in [0.1, 0.15) is 51.9 Å². The SMILES string of the molecule is CCC(NC(=O)NC(C)(C)CCC(=O)O)c1ncc[nH]1. The summed E-state index contributed by atoms with van der Waals surface area (Å²) in [4.78, 5) is 29.6. The van der Waals surface area contributed by atoms with E-state index in [-0.39, 0.29) is 18.5 Å². The van der Waals surface area contributed by atoms with E-state index in [0.717, 1.165) is 0 Å². The number of hydrogen-bond acceptors (Lipinski definition) is 3. The molecule has 0 aliphatic heterocycles. The summed E-state index contributed by atoms with van der Waals surface area (Å²) in [6.07, 6.45) is 4.43. The maximum absolute atomic E-state index is 12.0. The van der Waals surface area contributed by atoms with Crippen LogP contribution in [0.3, 0.4) is 0 Å². The molecule has 112 valence electrons. The van der Waals surface area contributed by atoms with Gasteiger partial charge in [0, 0.05) is 24.4 Å². The number of aromatic nitrogens is 2. The third-order valence-corrected chi connectivity index (χ3v) is 2.98.